The van der Waals surface area contributed by atoms with E-state index < -0.39 is 11.7 Å². The van der Waals surface area contributed by atoms with Crippen molar-refractivity contribution in [3.05, 3.63) is 70.7 Å². The maximum absolute atomic E-state index is 16.4. The van der Waals surface area contributed by atoms with Gasteiger partial charge in [0.15, 0.2) is 12.0 Å². The molecule has 3 aliphatic heterocycles. The van der Waals surface area contributed by atoms with Gasteiger partial charge in [-0.3, -0.25) is 0 Å². The van der Waals surface area contributed by atoms with E-state index in [1.807, 2.05) is 62.8 Å². The number of terminal acetylenes is 1. The second kappa shape index (κ2) is 16.0. The summed E-state index contributed by atoms with van der Waals surface area (Å²) in [6.07, 6.45) is 12.4. The molecule has 3 aromatic carbocycles. The molecule has 0 N–H and O–H groups in total. The first kappa shape index (κ1) is 39.0. The number of fused-ring (bicyclic) bond motifs is 2. The Morgan fingerprint density at radius 1 is 0.949 bits per heavy atom. The van der Waals surface area contributed by atoms with E-state index in [2.05, 4.69) is 12.0 Å². The smallest absolute Gasteiger partial charge is 0.410 e. The summed E-state index contributed by atoms with van der Waals surface area (Å²) in [5.41, 5.74) is 5.09. The van der Waals surface area contributed by atoms with Crippen molar-refractivity contribution in [1.29, 1.82) is 0 Å². The highest BCUT2D eigenvalue weighted by Gasteiger charge is 2.38. The fraction of sp³-hybridized carbons (Fsp3) is 0.478. The summed E-state index contributed by atoms with van der Waals surface area (Å²) in [6.45, 7) is 9.95. The molecule has 1 aliphatic carbocycles. The van der Waals surface area contributed by atoms with Gasteiger partial charge in [-0.1, -0.05) is 18.1 Å². The largest absolute Gasteiger partial charge is 0.486 e. The Hall–Kier alpha value is -5.45. The summed E-state index contributed by atoms with van der Waals surface area (Å²) < 4.78 is 55.7. The average Bonchev–Trinajstić information content (AvgIpc) is 3.98. The van der Waals surface area contributed by atoms with Crippen molar-refractivity contribution in [3.63, 3.8) is 0 Å². The monoisotopic (exact) mass is 803 g/mol. The topological polar surface area (TPSA) is 119 Å². The zero-order valence-electron chi connectivity index (χ0n) is 34.1. The first-order valence-corrected chi connectivity index (χ1v) is 20.8. The fourth-order valence-electron chi connectivity index (χ4n) is 8.13. The summed E-state index contributed by atoms with van der Waals surface area (Å²) in [5.74, 6) is 3.30. The second-order valence-corrected chi connectivity index (χ2v) is 17.0. The van der Waals surface area contributed by atoms with Crippen LogP contribution in [0.5, 0.6) is 17.6 Å². The van der Waals surface area contributed by atoms with Gasteiger partial charge in [0.2, 0.25) is 5.88 Å². The van der Waals surface area contributed by atoms with Gasteiger partial charge in [0.25, 0.3) is 0 Å². The molecule has 0 bridgehead atoms. The number of nitrogens with zero attached hydrogens (tertiary/aromatic N) is 5. The molecule has 5 heterocycles. The zero-order valence-corrected chi connectivity index (χ0v) is 34.1. The van der Waals surface area contributed by atoms with Crippen molar-refractivity contribution in [2.24, 2.45) is 0 Å². The summed E-state index contributed by atoms with van der Waals surface area (Å²) in [4.78, 5) is 24.5. The maximum Gasteiger partial charge on any atom is 0.410 e. The third-order valence-corrected chi connectivity index (χ3v) is 11.4. The highest BCUT2D eigenvalue weighted by atomic mass is 19.1. The van der Waals surface area contributed by atoms with Gasteiger partial charge in [-0.15, -0.1) is 6.42 Å². The van der Waals surface area contributed by atoms with Crippen molar-refractivity contribution in [3.8, 4) is 41.1 Å². The maximum atomic E-state index is 16.4. The Morgan fingerprint density at radius 3 is 2.42 bits per heavy atom. The lowest BCUT2D eigenvalue weighted by Crippen LogP contribution is -2.57. The molecule has 308 valence electrons. The minimum Gasteiger partial charge on any atom is -0.486 e. The van der Waals surface area contributed by atoms with E-state index in [4.69, 9.17) is 49.9 Å². The summed E-state index contributed by atoms with van der Waals surface area (Å²) in [5, 5.41) is 6.25. The SMILES string of the molecule is C#Cc1ccc(COc2c(-c3c(C)c(F)cc4c3cnn4C3CCCCO3)c(C3CC3)cc3c(OC4CN(C(=O)OC(C)(C)C)C4)nc(OC4CCOCC4)nc23)cc1. The molecule has 12 nitrogen and oxygen atoms in total. The predicted octanol–water partition coefficient (Wildman–Crippen LogP) is 8.79. The van der Waals surface area contributed by atoms with Gasteiger partial charge in [0.1, 0.15) is 35.7 Å². The first-order chi connectivity index (χ1) is 28.5. The molecular formula is C46H50FN5O7. The van der Waals surface area contributed by atoms with Crippen LogP contribution in [0, 0.1) is 25.1 Å². The van der Waals surface area contributed by atoms with Gasteiger partial charge >= 0.3 is 12.1 Å². The van der Waals surface area contributed by atoms with Crippen molar-refractivity contribution in [1.82, 2.24) is 24.6 Å². The molecule has 0 spiro atoms. The molecule has 9 rings (SSSR count). The number of rotatable bonds is 10. The van der Waals surface area contributed by atoms with Crippen molar-refractivity contribution < 1.29 is 37.6 Å². The van der Waals surface area contributed by atoms with E-state index in [0.29, 0.717) is 84.9 Å². The van der Waals surface area contributed by atoms with Crippen LogP contribution in [0.4, 0.5) is 9.18 Å². The molecule has 1 atom stereocenters. The third-order valence-electron chi connectivity index (χ3n) is 11.4. The van der Waals surface area contributed by atoms with E-state index in [0.717, 1.165) is 59.7 Å². The lowest BCUT2D eigenvalue weighted by atomic mass is 9.88. The van der Waals surface area contributed by atoms with Crippen molar-refractivity contribution >= 4 is 27.9 Å². The Morgan fingerprint density at radius 2 is 1.73 bits per heavy atom. The Balaban J connectivity index is 1.22. The number of carbonyl (C=O) groups is 1. The number of halogens is 1. The van der Waals surface area contributed by atoms with Crippen LogP contribution in [-0.4, -0.2) is 81.5 Å². The van der Waals surface area contributed by atoms with Crippen LogP contribution in [-0.2, 0) is 20.8 Å². The third kappa shape index (κ3) is 8.13. The summed E-state index contributed by atoms with van der Waals surface area (Å²) in [7, 11) is 0. The normalized spacial score (nSPS) is 19.1. The van der Waals surface area contributed by atoms with E-state index >= 15 is 4.39 Å². The molecule has 3 saturated heterocycles. The quantitative estimate of drug-likeness (QED) is 0.127. The standard InChI is InChI=1S/C46H50FN5O7/c1-6-28-10-12-29(13-11-28)26-56-42-40(39-27(2)36(47)22-37-35(39)23-48-52(37)38-9-7-8-18-55-38)33(30-14-15-30)21-34-41(42)49-44(58-31-16-19-54-20-17-31)50-43(34)57-32-24-51(25-32)45(53)59-46(3,4)5/h1,10-13,21-23,30-32,38H,7-9,14-20,24-26H2,2-5H3. The van der Waals surface area contributed by atoms with Gasteiger partial charge in [-0.05, 0) is 101 Å². The molecule has 59 heavy (non-hydrogen) atoms. The van der Waals surface area contributed by atoms with Gasteiger partial charge < -0.3 is 33.3 Å². The number of amides is 1. The van der Waals surface area contributed by atoms with Crippen LogP contribution in [0.1, 0.15) is 100 Å². The van der Waals surface area contributed by atoms with E-state index in [9.17, 15) is 4.79 Å². The number of ether oxygens (including phenoxy) is 6. The first-order valence-electron chi connectivity index (χ1n) is 20.8. The van der Waals surface area contributed by atoms with Crippen LogP contribution in [0.3, 0.4) is 0 Å². The van der Waals surface area contributed by atoms with Crippen LogP contribution in [0.15, 0.2) is 42.6 Å². The summed E-state index contributed by atoms with van der Waals surface area (Å²) >= 11 is 0. The van der Waals surface area contributed by atoms with E-state index in [1.165, 1.54) is 0 Å². The predicted molar refractivity (Wildman–Crippen MR) is 219 cm³/mol. The Kier molecular flexibility index (Phi) is 10.6. The van der Waals surface area contributed by atoms with Crippen molar-refractivity contribution in [2.75, 3.05) is 32.9 Å². The lowest BCUT2D eigenvalue weighted by molar-refractivity contribution is -0.0367. The van der Waals surface area contributed by atoms with Gasteiger partial charge in [-0.25, -0.2) is 13.9 Å². The molecule has 5 aromatic rings. The van der Waals surface area contributed by atoms with Crippen LogP contribution in [0.2, 0.25) is 0 Å². The number of likely N-dealkylation sites (tertiary alicyclic amines) is 1. The van der Waals surface area contributed by atoms with Crippen LogP contribution >= 0.6 is 0 Å². The minimum absolute atomic E-state index is 0.138. The van der Waals surface area contributed by atoms with Gasteiger partial charge in [0, 0.05) is 47.6 Å². The Labute approximate surface area is 343 Å². The minimum atomic E-state index is -0.618. The molecule has 0 radical (unpaired) electrons. The van der Waals surface area contributed by atoms with Gasteiger partial charge in [-0.2, -0.15) is 15.1 Å². The number of carbonyl (C=O) groups excluding carboxylic acids is 1. The molecule has 2 aromatic heterocycles. The number of aromatic nitrogens is 4. The number of benzene rings is 3. The van der Waals surface area contributed by atoms with Crippen LogP contribution in [0.25, 0.3) is 32.9 Å². The Bertz CT molecular complexity index is 2420. The summed E-state index contributed by atoms with van der Waals surface area (Å²) in [6, 6.07) is 11.4. The molecular weight excluding hydrogens is 754 g/mol. The molecule has 1 amide bonds. The molecule has 4 aliphatic rings. The number of hydrogen-bond donors (Lipinski definition) is 0. The average molecular weight is 804 g/mol. The van der Waals surface area contributed by atoms with E-state index in [1.54, 1.807) is 11.0 Å². The highest BCUT2D eigenvalue weighted by molar-refractivity contribution is 6.05. The van der Waals surface area contributed by atoms with Gasteiger partial charge in [0.05, 0.1) is 43.4 Å². The van der Waals surface area contributed by atoms with Crippen LogP contribution < -0.4 is 14.2 Å². The molecule has 1 saturated carbocycles. The zero-order chi connectivity index (χ0) is 40.8. The molecule has 4 fully saturated rings. The number of hydrogen-bond acceptors (Lipinski definition) is 10. The van der Waals surface area contributed by atoms with E-state index in [-0.39, 0.29) is 42.8 Å². The highest BCUT2D eigenvalue weighted by Crippen LogP contribution is 2.53. The lowest BCUT2D eigenvalue weighted by Gasteiger charge is -2.39. The molecule has 1 unspecified atom stereocenters. The molecule has 13 heteroatoms. The second-order valence-electron chi connectivity index (χ2n) is 17.0. The fourth-order valence-corrected chi connectivity index (χ4v) is 8.13. The van der Waals surface area contributed by atoms with Crippen molar-refractivity contribution in [2.45, 2.75) is 109 Å².